The standard InChI is InChI=1S/C12H10ClN3O/c13-9-3-5-10(6-4-9)16(8-17)11-2-1-7-15-12(11)14/h1-8H,(H2,14,15). The molecule has 0 atom stereocenters. The van der Waals surface area contributed by atoms with Crippen molar-refractivity contribution in [3.05, 3.63) is 47.6 Å². The Morgan fingerprint density at radius 2 is 1.94 bits per heavy atom. The minimum Gasteiger partial charge on any atom is -0.382 e. The molecule has 0 saturated heterocycles. The maximum atomic E-state index is 11.2. The molecule has 2 N–H and O–H groups in total. The van der Waals surface area contributed by atoms with Gasteiger partial charge in [-0.25, -0.2) is 4.98 Å². The number of amides is 1. The van der Waals surface area contributed by atoms with Crippen LogP contribution in [-0.2, 0) is 4.79 Å². The van der Waals surface area contributed by atoms with Gasteiger partial charge < -0.3 is 5.73 Å². The highest BCUT2D eigenvalue weighted by Crippen LogP contribution is 2.28. The van der Waals surface area contributed by atoms with Crippen LogP contribution in [0.1, 0.15) is 0 Å². The van der Waals surface area contributed by atoms with Crippen molar-refractivity contribution in [1.82, 2.24) is 4.98 Å². The van der Waals surface area contributed by atoms with E-state index in [0.717, 1.165) is 0 Å². The molecule has 17 heavy (non-hydrogen) atoms. The summed E-state index contributed by atoms with van der Waals surface area (Å²) in [5.74, 6) is 0.301. The number of halogens is 1. The maximum Gasteiger partial charge on any atom is 0.218 e. The zero-order valence-corrected chi connectivity index (χ0v) is 9.63. The van der Waals surface area contributed by atoms with Gasteiger partial charge in [0, 0.05) is 16.9 Å². The van der Waals surface area contributed by atoms with Crippen LogP contribution in [0, 0.1) is 0 Å². The van der Waals surface area contributed by atoms with Crippen molar-refractivity contribution in [3.63, 3.8) is 0 Å². The topological polar surface area (TPSA) is 59.2 Å². The number of nitrogens with zero attached hydrogens (tertiary/aromatic N) is 2. The summed E-state index contributed by atoms with van der Waals surface area (Å²) in [5, 5.41) is 0.610. The zero-order chi connectivity index (χ0) is 12.3. The molecular weight excluding hydrogens is 238 g/mol. The van der Waals surface area contributed by atoms with E-state index >= 15 is 0 Å². The van der Waals surface area contributed by atoms with Gasteiger partial charge in [-0.2, -0.15) is 0 Å². The first-order chi connectivity index (χ1) is 8.22. The summed E-state index contributed by atoms with van der Waals surface area (Å²) in [5.41, 5.74) is 6.96. The van der Waals surface area contributed by atoms with E-state index in [1.807, 2.05) is 0 Å². The molecule has 1 aromatic carbocycles. The second kappa shape index (κ2) is 4.84. The summed E-state index contributed by atoms with van der Waals surface area (Å²) >= 11 is 5.79. The number of carbonyl (C=O) groups is 1. The monoisotopic (exact) mass is 247 g/mol. The smallest absolute Gasteiger partial charge is 0.218 e. The SMILES string of the molecule is Nc1ncccc1N(C=O)c1ccc(Cl)cc1. The third-order valence-electron chi connectivity index (χ3n) is 2.29. The van der Waals surface area contributed by atoms with Crippen LogP contribution < -0.4 is 10.6 Å². The summed E-state index contributed by atoms with van der Waals surface area (Å²) in [4.78, 5) is 16.5. The van der Waals surface area contributed by atoms with Crippen molar-refractivity contribution in [1.29, 1.82) is 0 Å². The van der Waals surface area contributed by atoms with Crippen molar-refractivity contribution >= 4 is 35.2 Å². The molecule has 4 nitrogen and oxygen atoms in total. The molecular formula is C12H10ClN3O. The van der Waals surface area contributed by atoms with Gasteiger partial charge in [0.15, 0.2) is 0 Å². The highest BCUT2D eigenvalue weighted by molar-refractivity contribution is 6.30. The lowest BCUT2D eigenvalue weighted by atomic mass is 10.2. The Morgan fingerprint density at radius 3 is 2.53 bits per heavy atom. The average Bonchev–Trinajstić information content (AvgIpc) is 2.35. The molecule has 1 heterocycles. The van der Waals surface area contributed by atoms with E-state index in [2.05, 4.69) is 4.98 Å². The summed E-state index contributed by atoms with van der Waals surface area (Å²) in [6, 6.07) is 10.3. The predicted molar refractivity (Wildman–Crippen MR) is 68.3 cm³/mol. The Bertz CT molecular complexity index is 528. The van der Waals surface area contributed by atoms with Gasteiger partial charge in [0.2, 0.25) is 6.41 Å². The number of benzene rings is 1. The van der Waals surface area contributed by atoms with Gasteiger partial charge in [0.1, 0.15) is 5.82 Å². The number of pyridine rings is 1. The van der Waals surface area contributed by atoms with Crippen LogP contribution in [0.4, 0.5) is 17.2 Å². The molecule has 0 radical (unpaired) electrons. The molecule has 0 aliphatic heterocycles. The van der Waals surface area contributed by atoms with Crippen molar-refractivity contribution in [2.24, 2.45) is 0 Å². The van der Waals surface area contributed by atoms with Crippen LogP contribution in [0.2, 0.25) is 5.02 Å². The van der Waals surface area contributed by atoms with E-state index in [0.29, 0.717) is 28.6 Å². The molecule has 5 heteroatoms. The summed E-state index contributed by atoms with van der Waals surface area (Å²) in [6.07, 6.45) is 2.26. The quantitative estimate of drug-likeness (QED) is 0.849. The Labute approximate surface area is 104 Å². The van der Waals surface area contributed by atoms with E-state index in [-0.39, 0.29) is 0 Å². The summed E-state index contributed by atoms with van der Waals surface area (Å²) in [6.45, 7) is 0. The number of rotatable bonds is 3. The first-order valence-electron chi connectivity index (χ1n) is 4.93. The van der Waals surface area contributed by atoms with E-state index in [9.17, 15) is 4.79 Å². The van der Waals surface area contributed by atoms with Crippen LogP contribution in [0.5, 0.6) is 0 Å². The molecule has 2 aromatic rings. The fourth-order valence-electron chi connectivity index (χ4n) is 1.47. The Hall–Kier alpha value is -2.07. The van der Waals surface area contributed by atoms with Gasteiger partial charge in [-0.15, -0.1) is 0 Å². The van der Waals surface area contributed by atoms with Crippen molar-refractivity contribution < 1.29 is 4.79 Å². The Kier molecular flexibility index (Phi) is 3.25. The predicted octanol–water partition coefficient (Wildman–Crippen LogP) is 2.61. The average molecular weight is 248 g/mol. The molecule has 0 aliphatic carbocycles. The fourth-order valence-corrected chi connectivity index (χ4v) is 1.60. The minimum atomic E-state index is 0.301. The zero-order valence-electron chi connectivity index (χ0n) is 8.88. The Morgan fingerprint density at radius 1 is 1.24 bits per heavy atom. The molecule has 0 unspecified atom stereocenters. The number of carbonyl (C=O) groups excluding carboxylic acids is 1. The van der Waals surface area contributed by atoms with Gasteiger partial charge in [-0.1, -0.05) is 11.6 Å². The van der Waals surface area contributed by atoms with Crippen LogP contribution in [-0.4, -0.2) is 11.4 Å². The number of anilines is 3. The fraction of sp³-hybridized carbons (Fsp3) is 0. The van der Waals surface area contributed by atoms with E-state index in [1.54, 1.807) is 42.6 Å². The minimum absolute atomic E-state index is 0.301. The van der Waals surface area contributed by atoms with Crippen LogP contribution >= 0.6 is 11.6 Å². The first-order valence-corrected chi connectivity index (χ1v) is 5.31. The highest BCUT2D eigenvalue weighted by Gasteiger charge is 2.11. The van der Waals surface area contributed by atoms with Gasteiger partial charge in [0.05, 0.1) is 5.69 Å². The maximum absolute atomic E-state index is 11.2. The van der Waals surface area contributed by atoms with Gasteiger partial charge in [0.25, 0.3) is 0 Å². The number of hydrogen-bond donors (Lipinski definition) is 1. The third-order valence-corrected chi connectivity index (χ3v) is 2.54. The van der Waals surface area contributed by atoms with Gasteiger partial charge in [-0.05, 0) is 36.4 Å². The second-order valence-corrected chi connectivity index (χ2v) is 3.80. The summed E-state index contributed by atoms with van der Waals surface area (Å²) in [7, 11) is 0. The number of nitrogens with two attached hydrogens (primary N) is 1. The molecule has 1 aromatic heterocycles. The van der Waals surface area contributed by atoms with Crippen LogP contribution in [0.3, 0.4) is 0 Å². The molecule has 2 rings (SSSR count). The lowest BCUT2D eigenvalue weighted by molar-refractivity contribution is -0.106. The number of aromatic nitrogens is 1. The normalized spacial score (nSPS) is 9.94. The van der Waals surface area contributed by atoms with E-state index < -0.39 is 0 Å². The van der Waals surface area contributed by atoms with Crippen molar-refractivity contribution in [2.75, 3.05) is 10.6 Å². The third kappa shape index (κ3) is 2.37. The lowest BCUT2D eigenvalue weighted by Crippen LogP contribution is -2.16. The molecule has 86 valence electrons. The van der Waals surface area contributed by atoms with Gasteiger partial charge >= 0.3 is 0 Å². The second-order valence-electron chi connectivity index (χ2n) is 3.36. The van der Waals surface area contributed by atoms with E-state index in [4.69, 9.17) is 17.3 Å². The Balaban J connectivity index is 2.44. The molecule has 0 spiro atoms. The highest BCUT2D eigenvalue weighted by atomic mass is 35.5. The van der Waals surface area contributed by atoms with Crippen molar-refractivity contribution in [2.45, 2.75) is 0 Å². The molecule has 0 bridgehead atoms. The molecule has 0 saturated carbocycles. The lowest BCUT2D eigenvalue weighted by Gasteiger charge is -2.18. The van der Waals surface area contributed by atoms with Crippen LogP contribution in [0.15, 0.2) is 42.6 Å². The van der Waals surface area contributed by atoms with Gasteiger partial charge in [-0.3, -0.25) is 9.69 Å². The number of hydrogen-bond acceptors (Lipinski definition) is 3. The van der Waals surface area contributed by atoms with E-state index in [1.165, 1.54) is 4.90 Å². The van der Waals surface area contributed by atoms with Crippen molar-refractivity contribution in [3.8, 4) is 0 Å². The van der Waals surface area contributed by atoms with Crippen LogP contribution in [0.25, 0.3) is 0 Å². The number of nitrogen functional groups attached to an aromatic ring is 1. The summed E-state index contributed by atoms with van der Waals surface area (Å²) < 4.78 is 0. The molecule has 0 fully saturated rings. The molecule has 1 amide bonds. The molecule has 0 aliphatic rings. The largest absolute Gasteiger partial charge is 0.382 e. The first kappa shape index (κ1) is 11.4.